The molecule has 2 N–H and O–H groups in total. The normalized spacial score (nSPS) is 19.3. The van der Waals surface area contributed by atoms with Crippen molar-refractivity contribution in [3.63, 3.8) is 0 Å². The zero-order valence-electron chi connectivity index (χ0n) is 12.3. The summed E-state index contributed by atoms with van der Waals surface area (Å²) in [6.45, 7) is 6.94. The molecule has 112 valence electrons. The van der Waals surface area contributed by atoms with Crippen molar-refractivity contribution < 1.29 is 13.4 Å². The van der Waals surface area contributed by atoms with Crippen LogP contribution in [0.25, 0.3) is 0 Å². The van der Waals surface area contributed by atoms with Crippen LogP contribution in [0.15, 0.2) is 35.2 Å². The second-order valence-corrected chi connectivity index (χ2v) is 6.26. The average molecular weight is 298 g/mol. The zero-order valence-corrected chi connectivity index (χ0v) is 13.1. The van der Waals surface area contributed by atoms with Crippen molar-refractivity contribution >= 4 is 17.1 Å². The van der Waals surface area contributed by atoms with E-state index in [0.29, 0.717) is 13.1 Å². The van der Waals surface area contributed by atoms with Crippen LogP contribution in [-0.2, 0) is 10.0 Å². The minimum absolute atomic E-state index is 0.134. The Labute approximate surface area is 122 Å². The molecular weight excluding hydrogens is 275 g/mol. The lowest BCUT2D eigenvalue weighted by Gasteiger charge is -2.17. The molecule has 0 aromatic heterocycles. The van der Waals surface area contributed by atoms with Gasteiger partial charge in [-0.05, 0) is 31.9 Å². The van der Waals surface area contributed by atoms with E-state index in [2.05, 4.69) is 4.72 Å². The Morgan fingerprint density at radius 1 is 1.30 bits per heavy atom. The van der Waals surface area contributed by atoms with Crippen molar-refractivity contribution in [1.82, 2.24) is 9.53 Å². The summed E-state index contributed by atoms with van der Waals surface area (Å²) in [5.41, 5.74) is 0. The summed E-state index contributed by atoms with van der Waals surface area (Å²) < 4.78 is 26.8. The molecule has 0 amide bonds. The molecular formula is C13H23BN2O3S. The molecule has 5 nitrogen and oxygen atoms in total. The van der Waals surface area contributed by atoms with Crippen LogP contribution in [0.4, 0.5) is 0 Å². The van der Waals surface area contributed by atoms with Crippen molar-refractivity contribution in [2.24, 2.45) is 0 Å². The smallest absolute Gasteiger partial charge is 0.376 e. The molecule has 1 aromatic rings. The van der Waals surface area contributed by atoms with Gasteiger partial charge in [-0.25, -0.2) is 13.1 Å². The van der Waals surface area contributed by atoms with E-state index in [1.54, 1.807) is 37.2 Å². The van der Waals surface area contributed by atoms with Gasteiger partial charge in [0.2, 0.25) is 10.0 Å². The van der Waals surface area contributed by atoms with E-state index >= 15 is 0 Å². The first-order valence-corrected chi connectivity index (χ1v) is 8.47. The van der Waals surface area contributed by atoms with Crippen molar-refractivity contribution in [2.45, 2.75) is 38.0 Å². The van der Waals surface area contributed by atoms with E-state index in [1.165, 1.54) is 0 Å². The Bertz CT molecular complexity index is 494. The van der Waals surface area contributed by atoms with Crippen molar-refractivity contribution in [1.29, 1.82) is 0 Å². The third-order valence-electron chi connectivity index (χ3n) is 3.12. The summed E-state index contributed by atoms with van der Waals surface area (Å²) in [7, 11) is -3.98. The van der Waals surface area contributed by atoms with E-state index in [1.807, 2.05) is 18.7 Å². The van der Waals surface area contributed by atoms with Crippen LogP contribution in [0.5, 0.6) is 0 Å². The SMILES string of the molecule is CB(O)N1CC[C@@H](NS(=O)(=O)c2ccccc2)C1.CC. The van der Waals surface area contributed by atoms with Crippen LogP contribution >= 0.6 is 0 Å². The summed E-state index contributed by atoms with van der Waals surface area (Å²) >= 11 is 0. The zero-order chi connectivity index (χ0) is 15.2. The molecule has 7 heteroatoms. The molecule has 1 saturated heterocycles. The van der Waals surface area contributed by atoms with Gasteiger partial charge in [-0.1, -0.05) is 32.0 Å². The molecule has 0 saturated carbocycles. The van der Waals surface area contributed by atoms with Gasteiger partial charge in [0.05, 0.1) is 4.90 Å². The highest BCUT2D eigenvalue weighted by atomic mass is 32.2. The Kier molecular flexibility index (Phi) is 6.68. The second kappa shape index (κ2) is 7.78. The predicted molar refractivity (Wildman–Crippen MR) is 81.9 cm³/mol. The molecule has 0 spiro atoms. The van der Waals surface area contributed by atoms with E-state index in [9.17, 15) is 13.4 Å². The Morgan fingerprint density at radius 2 is 1.90 bits per heavy atom. The largest absolute Gasteiger partial charge is 0.437 e. The van der Waals surface area contributed by atoms with E-state index in [-0.39, 0.29) is 10.9 Å². The van der Waals surface area contributed by atoms with Gasteiger partial charge in [0.1, 0.15) is 0 Å². The number of nitrogens with one attached hydrogen (secondary N) is 1. The predicted octanol–water partition coefficient (Wildman–Crippen LogP) is 1.18. The molecule has 1 fully saturated rings. The molecule has 1 atom stereocenters. The highest BCUT2D eigenvalue weighted by Gasteiger charge is 2.30. The molecule has 0 unspecified atom stereocenters. The van der Waals surface area contributed by atoms with Crippen molar-refractivity contribution in [3.05, 3.63) is 30.3 Å². The third-order valence-corrected chi connectivity index (χ3v) is 4.66. The van der Waals surface area contributed by atoms with Gasteiger partial charge < -0.3 is 9.83 Å². The fraction of sp³-hybridized carbons (Fsp3) is 0.538. The molecule has 2 rings (SSSR count). The number of hydrogen-bond donors (Lipinski definition) is 2. The van der Waals surface area contributed by atoms with Crippen LogP contribution in [0, 0.1) is 0 Å². The van der Waals surface area contributed by atoms with E-state index in [0.717, 1.165) is 6.42 Å². The molecule has 20 heavy (non-hydrogen) atoms. The third kappa shape index (κ3) is 4.59. The number of hydrogen-bond acceptors (Lipinski definition) is 4. The number of rotatable bonds is 4. The van der Waals surface area contributed by atoms with Crippen molar-refractivity contribution in [3.8, 4) is 0 Å². The van der Waals surface area contributed by atoms with Crippen LogP contribution < -0.4 is 4.72 Å². The van der Waals surface area contributed by atoms with Crippen LogP contribution in [0.1, 0.15) is 20.3 Å². The topological polar surface area (TPSA) is 69.6 Å². The number of nitrogens with zero attached hydrogens (tertiary/aromatic N) is 1. The van der Waals surface area contributed by atoms with Gasteiger partial charge in [0, 0.05) is 12.6 Å². The molecule has 1 heterocycles. The Hall–Kier alpha value is -0.885. The maximum absolute atomic E-state index is 12.1. The van der Waals surface area contributed by atoms with E-state index < -0.39 is 17.1 Å². The van der Waals surface area contributed by atoms with Crippen LogP contribution in [0.3, 0.4) is 0 Å². The quantitative estimate of drug-likeness (QED) is 0.819. The standard InChI is InChI=1S/C11H17BN2O3S.C2H6/c1-12(15)14-8-7-10(9-14)13-18(16,17)11-5-3-2-4-6-11;1-2/h2-6,10,13,15H,7-9H2,1H3;1-2H3/t10-;/m1./s1. The lowest BCUT2D eigenvalue weighted by molar-refractivity contribution is 0.417. The minimum atomic E-state index is -3.45. The van der Waals surface area contributed by atoms with Crippen LogP contribution in [0.2, 0.25) is 6.82 Å². The summed E-state index contributed by atoms with van der Waals surface area (Å²) in [5, 5.41) is 9.43. The fourth-order valence-corrected chi connectivity index (χ4v) is 3.39. The fourth-order valence-electron chi connectivity index (χ4n) is 2.11. The Morgan fingerprint density at radius 3 is 2.40 bits per heavy atom. The molecule has 0 bridgehead atoms. The second-order valence-electron chi connectivity index (χ2n) is 4.55. The maximum Gasteiger partial charge on any atom is 0.376 e. The number of sulfonamides is 1. The van der Waals surface area contributed by atoms with Gasteiger partial charge in [0.25, 0.3) is 0 Å². The lowest BCUT2D eigenvalue weighted by Crippen LogP contribution is -2.40. The average Bonchev–Trinajstić information content (AvgIpc) is 2.90. The molecule has 1 aliphatic rings. The minimum Gasteiger partial charge on any atom is -0.437 e. The van der Waals surface area contributed by atoms with Gasteiger partial charge in [-0.15, -0.1) is 0 Å². The summed E-state index contributed by atoms with van der Waals surface area (Å²) in [6, 6.07) is 8.19. The highest BCUT2D eigenvalue weighted by molar-refractivity contribution is 7.89. The summed E-state index contributed by atoms with van der Waals surface area (Å²) in [5.74, 6) is 0. The summed E-state index contributed by atoms with van der Waals surface area (Å²) in [6.07, 6.45) is 0.719. The van der Waals surface area contributed by atoms with Crippen molar-refractivity contribution in [2.75, 3.05) is 13.1 Å². The highest BCUT2D eigenvalue weighted by Crippen LogP contribution is 2.14. The van der Waals surface area contributed by atoms with Gasteiger partial charge in [0.15, 0.2) is 0 Å². The first kappa shape index (κ1) is 17.2. The molecule has 0 aliphatic carbocycles. The monoisotopic (exact) mass is 298 g/mol. The van der Waals surface area contributed by atoms with Gasteiger partial charge in [-0.3, -0.25) is 0 Å². The first-order valence-electron chi connectivity index (χ1n) is 6.98. The molecule has 0 radical (unpaired) electrons. The first-order chi connectivity index (χ1) is 9.49. The lowest BCUT2D eigenvalue weighted by atomic mass is 9.86. The maximum atomic E-state index is 12.1. The Balaban J connectivity index is 0.000000956. The molecule has 1 aliphatic heterocycles. The van der Waals surface area contributed by atoms with E-state index in [4.69, 9.17) is 0 Å². The number of benzene rings is 1. The summed E-state index contributed by atoms with van der Waals surface area (Å²) in [4.78, 5) is 2.12. The molecule has 1 aromatic carbocycles. The van der Waals surface area contributed by atoms with Gasteiger partial charge in [-0.2, -0.15) is 0 Å². The van der Waals surface area contributed by atoms with Gasteiger partial charge >= 0.3 is 7.05 Å². The van der Waals surface area contributed by atoms with Crippen LogP contribution in [-0.4, -0.2) is 44.4 Å².